The summed E-state index contributed by atoms with van der Waals surface area (Å²) in [7, 11) is 1.32. The van der Waals surface area contributed by atoms with Gasteiger partial charge >= 0.3 is 12.0 Å². The molecule has 0 unspecified atom stereocenters. The Morgan fingerprint density at radius 3 is 2.44 bits per heavy atom. The SMILES string of the molecule is COC(=O)[C@@H](C)CC(=O)N1CCC(NC(=O)Nc2ccccc2)CC1. The van der Waals surface area contributed by atoms with E-state index in [9.17, 15) is 14.4 Å². The number of para-hydroxylation sites is 1. The van der Waals surface area contributed by atoms with E-state index in [1.165, 1.54) is 7.11 Å². The minimum atomic E-state index is -0.440. The van der Waals surface area contributed by atoms with E-state index >= 15 is 0 Å². The average molecular weight is 347 g/mol. The molecule has 1 aliphatic heterocycles. The molecular formula is C18H25N3O4. The zero-order valence-corrected chi connectivity index (χ0v) is 14.7. The number of benzene rings is 1. The van der Waals surface area contributed by atoms with Crippen LogP contribution in [-0.2, 0) is 14.3 Å². The zero-order chi connectivity index (χ0) is 18.2. The van der Waals surface area contributed by atoms with E-state index in [1.54, 1.807) is 11.8 Å². The van der Waals surface area contributed by atoms with Crippen molar-refractivity contribution in [3.8, 4) is 0 Å². The summed E-state index contributed by atoms with van der Waals surface area (Å²) in [5, 5.41) is 5.72. The van der Waals surface area contributed by atoms with Gasteiger partial charge in [0.05, 0.1) is 13.0 Å². The molecule has 2 N–H and O–H groups in total. The third kappa shape index (κ3) is 5.77. The number of nitrogens with zero attached hydrogens (tertiary/aromatic N) is 1. The van der Waals surface area contributed by atoms with E-state index in [4.69, 9.17) is 0 Å². The number of anilines is 1. The largest absolute Gasteiger partial charge is 0.469 e. The fourth-order valence-corrected chi connectivity index (χ4v) is 2.82. The fourth-order valence-electron chi connectivity index (χ4n) is 2.82. The van der Waals surface area contributed by atoms with Crippen molar-refractivity contribution in [2.45, 2.75) is 32.2 Å². The minimum absolute atomic E-state index is 0.0331. The number of amides is 3. The second-order valence-corrected chi connectivity index (χ2v) is 6.25. The minimum Gasteiger partial charge on any atom is -0.469 e. The summed E-state index contributed by atoms with van der Waals surface area (Å²) in [5.74, 6) is -0.863. The summed E-state index contributed by atoms with van der Waals surface area (Å²) in [6, 6.07) is 9.04. The number of esters is 1. The van der Waals surface area contributed by atoms with Crippen molar-refractivity contribution in [2.24, 2.45) is 5.92 Å². The molecule has 0 radical (unpaired) electrons. The molecule has 1 atom stereocenters. The maximum Gasteiger partial charge on any atom is 0.319 e. The lowest BCUT2D eigenvalue weighted by Crippen LogP contribution is -2.47. The standard InChI is InChI=1S/C18H25N3O4/c1-13(17(23)25-2)12-16(22)21-10-8-15(9-11-21)20-18(24)19-14-6-4-3-5-7-14/h3-7,13,15H,8-12H2,1-2H3,(H2,19,20,24)/t13-/m0/s1. The van der Waals surface area contributed by atoms with E-state index in [-0.39, 0.29) is 30.4 Å². The van der Waals surface area contributed by atoms with Crippen LogP contribution in [0.3, 0.4) is 0 Å². The molecule has 136 valence electrons. The number of hydrogen-bond donors (Lipinski definition) is 2. The maximum atomic E-state index is 12.2. The maximum absolute atomic E-state index is 12.2. The molecule has 1 aromatic rings. The summed E-state index contributed by atoms with van der Waals surface area (Å²) in [5.41, 5.74) is 0.740. The molecule has 3 amide bonds. The molecule has 0 spiro atoms. The monoisotopic (exact) mass is 347 g/mol. The number of urea groups is 1. The van der Waals surface area contributed by atoms with Crippen molar-refractivity contribution >= 4 is 23.6 Å². The average Bonchev–Trinajstić information content (AvgIpc) is 2.62. The molecule has 1 saturated heterocycles. The molecule has 2 rings (SSSR count). The fraction of sp³-hybridized carbons (Fsp3) is 0.500. The Morgan fingerprint density at radius 1 is 1.20 bits per heavy atom. The summed E-state index contributed by atoms with van der Waals surface area (Å²) >= 11 is 0. The van der Waals surface area contributed by atoms with Gasteiger partial charge in [0.1, 0.15) is 0 Å². The van der Waals surface area contributed by atoms with Gasteiger partial charge in [0.15, 0.2) is 0 Å². The molecule has 25 heavy (non-hydrogen) atoms. The van der Waals surface area contributed by atoms with Crippen LogP contribution in [0.5, 0.6) is 0 Å². The van der Waals surface area contributed by atoms with E-state index in [1.807, 2.05) is 30.3 Å². The Hall–Kier alpha value is -2.57. The topological polar surface area (TPSA) is 87.7 Å². The van der Waals surface area contributed by atoms with Crippen LogP contribution in [0.2, 0.25) is 0 Å². The molecular weight excluding hydrogens is 322 g/mol. The van der Waals surface area contributed by atoms with Crippen molar-refractivity contribution in [1.82, 2.24) is 10.2 Å². The molecule has 7 heteroatoms. The first kappa shape index (κ1) is 18.8. The van der Waals surface area contributed by atoms with Crippen LogP contribution in [-0.4, -0.2) is 49.0 Å². The Labute approximate surface area is 147 Å². The second-order valence-electron chi connectivity index (χ2n) is 6.25. The van der Waals surface area contributed by atoms with Crippen LogP contribution in [0.4, 0.5) is 10.5 Å². The van der Waals surface area contributed by atoms with Crippen LogP contribution in [0, 0.1) is 5.92 Å². The van der Waals surface area contributed by atoms with Crippen molar-refractivity contribution in [1.29, 1.82) is 0 Å². The molecule has 0 saturated carbocycles. The van der Waals surface area contributed by atoms with E-state index in [0.29, 0.717) is 25.9 Å². The van der Waals surface area contributed by atoms with Gasteiger partial charge in [0.2, 0.25) is 5.91 Å². The molecule has 0 aliphatic carbocycles. The highest BCUT2D eigenvalue weighted by atomic mass is 16.5. The molecule has 1 heterocycles. The van der Waals surface area contributed by atoms with Crippen LogP contribution < -0.4 is 10.6 Å². The predicted molar refractivity (Wildman–Crippen MR) is 94.0 cm³/mol. The molecule has 0 bridgehead atoms. The number of hydrogen-bond acceptors (Lipinski definition) is 4. The van der Waals surface area contributed by atoms with Crippen LogP contribution in [0.25, 0.3) is 0 Å². The highest BCUT2D eigenvalue weighted by Crippen LogP contribution is 2.15. The van der Waals surface area contributed by atoms with Crippen LogP contribution in [0.15, 0.2) is 30.3 Å². The first-order valence-electron chi connectivity index (χ1n) is 8.47. The van der Waals surface area contributed by atoms with Gasteiger partial charge in [-0.1, -0.05) is 25.1 Å². The van der Waals surface area contributed by atoms with Gasteiger partial charge in [-0.05, 0) is 25.0 Å². The number of nitrogens with one attached hydrogen (secondary N) is 2. The molecule has 1 fully saturated rings. The van der Waals surface area contributed by atoms with E-state index < -0.39 is 5.92 Å². The predicted octanol–water partition coefficient (Wildman–Crippen LogP) is 2.00. The first-order chi connectivity index (χ1) is 12.0. The lowest BCUT2D eigenvalue weighted by molar-refractivity contribution is -0.148. The third-order valence-electron chi connectivity index (χ3n) is 4.30. The van der Waals surface area contributed by atoms with Crippen LogP contribution in [0.1, 0.15) is 26.2 Å². The molecule has 7 nitrogen and oxygen atoms in total. The number of likely N-dealkylation sites (tertiary alicyclic amines) is 1. The number of carbonyl (C=O) groups excluding carboxylic acids is 3. The normalized spacial score (nSPS) is 16.0. The summed E-state index contributed by atoms with van der Waals surface area (Å²) < 4.78 is 4.65. The van der Waals surface area contributed by atoms with Gasteiger partial charge in [0, 0.05) is 31.2 Å². The first-order valence-corrected chi connectivity index (χ1v) is 8.47. The Kier molecular flexibility index (Phi) is 6.80. The number of ether oxygens (including phenoxy) is 1. The lowest BCUT2D eigenvalue weighted by Gasteiger charge is -2.32. The van der Waals surface area contributed by atoms with E-state index in [0.717, 1.165) is 5.69 Å². The smallest absolute Gasteiger partial charge is 0.319 e. The Morgan fingerprint density at radius 2 is 1.84 bits per heavy atom. The van der Waals surface area contributed by atoms with Crippen molar-refractivity contribution < 1.29 is 19.1 Å². The highest BCUT2D eigenvalue weighted by molar-refractivity contribution is 5.89. The van der Waals surface area contributed by atoms with Crippen molar-refractivity contribution in [2.75, 3.05) is 25.5 Å². The quantitative estimate of drug-likeness (QED) is 0.798. The lowest BCUT2D eigenvalue weighted by atomic mass is 10.0. The van der Waals surface area contributed by atoms with Gasteiger partial charge in [-0.25, -0.2) is 4.79 Å². The van der Waals surface area contributed by atoms with Gasteiger partial charge in [-0.15, -0.1) is 0 Å². The Balaban J connectivity index is 1.73. The van der Waals surface area contributed by atoms with Crippen molar-refractivity contribution in [3.63, 3.8) is 0 Å². The van der Waals surface area contributed by atoms with Gasteiger partial charge < -0.3 is 20.3 Å². The third-order valence-corrected chi connectivity index (χ3v) is 4.30. The second kappa shape index (κ2) is 9.05. The Bertz CT molecular complexity index is 598. The summed E-state index contributed by atoms with van der Waals surface area (Å²) in [6.07, 6.45) is 1.54. The summed E-state index contributed by atoms with van der Waals surface area (Å²) in [4.78, 5) is 37.4. The summed E-state index contributed by atoms with van der Waals surface area (Å²) in [6.45, 7) is 2.83. The number of carbonyl (C=O) groups is 3. The van der Waals surface area contributed by atoms with Gasteiger partial charge in [-0.2, -0.15) is 0 Å². The van der Waals surface area contributed by atoms with Gasteiger partial charge in [-0.3, -0.25) is 9.59 Å². The van der Waals surface area contributed by atoms with E-state index in [2.05, 4.69) is 15.4 Å². The molecule has 0 aromatic heterocycles. The molecule has 1 aromatic carbocycles. The highest BCUT2D eigenvalue weighted by Gasteiger charge is 2.26. The van der Waals surface area contributed by atoms with Crippen molar-refractivity contribution in [3.05, 3.63) is 30.3 Å². The zero-order valence-electron chi connectivity index (χ0n) is 14.7. The van der Waals surface area contributed by atoms with Crippen LogP contribution >= 0.6 is 0 Å². The number of methoxy groups -OCH3 is 1. The number of piperidine rings is 1. The number of rotatable bonds is 5. The van der Waals surface area contributed by atoms with Gasteiger partial charge in [0.25, 0.3) is 0 Å². The molecule has 1 aliphatic rings.